The van der Waals surface area contributed by atoms with Crippen LogP contribution in [0.5, 0.6) is 0 Å². The summed E-state index contributed by atoms with van der Waals surface area (Å²) in [6.07, 6.45) is 1.78. The fraction of sp³-hybridized carbons (Fsp3) is 0.538. The van der Waals surface area contributed by atoms with Crippen LogP contribution in [0.4, 0.5) is 5.69 Å². The Bertz CT molecular complexity index is 421. The zero-order chi connectivity index (χ0) is 13.7. The summed E-state index contributed by atoms with van der Waals surface area (Å²) < 4.78 is 0. The average Bonchev–Trinajstić information content (AvgIpc) is 2.30. The molecule has 0 aliphatic carbocycles. The van der Waals surface area contributed by atoms with E-state index < -0.39 is 4.92 Å². The lowest BCUT2D eigenvalue weighted by Gasteiger charge is -2.20. The van der Waals surface area contributed by atoms with Gasteiger partial charge < -0.3 is 5.32 Å². The van der Waals surface area contributed by atoms with Crippen LogP contribution in [0.25, 0.3) is 0 Å². The lowest BCUT2D eigenvalue weighted by molar-refractivity contribution is -0.384. The highest BCUT2D eigenvalue weighted by Gasteiger charge is 2.13. The van der Waals surface area contributed by atoms with Crippen molar-refractivity contribution in [3.05, 3.63) is 38.9 Å². The monoisotopic (exact) mass is 270 g/mol. The molecule has 1 aromatic carbocycles. The molecule has 4 nitrogen and oxygen atoms in total. The van der Waals surface area contributed by atoms with Crippen molar-refractivity contribution in [2.45, 2.75) is 32.7 Å². The zero-order valence-electron chi connectivity index (χ0n) is 10.9. The van der Waals surface area contributed by atoms with Gasteiger partial charge in [0.15, 0.2) is 0 Å². The summed E-state index contributed by atoms with van der Waals surface area (Å²) in [7, 11) is 1.95. The molecule has 0 aliphatic heterocycles. The molecule has 1 aromatic rings. The third-order valence-electron chi connectivity index (χ3n) is 3.15. The summed E-state index contributed by atoms with van der Waals surface area (Å²) in [5.74, 6) is 0.548. The Morgan fingerprint density at radius 3 is 2.56 bits per heavy atom. The molecule has 0 heterocycles. The van der Waals surface area contributed by atoms with E-state index in [1.54, 1.807) is 6.07 Å². The van der Waals surface area contributed by atoms with Gasteiger partial charge in [-0.3, -0.25) is 10.1 Å². The van der Waals surface area contributed by atoms with Crippen LogP contribution >= 0.6 is 11.6 Å². The quantitative estimate of drug-likeness (QED) is 0.636. The smallest absolute Gasteiger partial charge is 0.270 e. The van der Waals surface area contributed by atoms with Crippen molar-refractivity contribution in [1.82, 2.24) is 5.32 Å². The van der Waals surface area contributed by atoms with Gasteiger partial charge in [-0.25, -0.2) is 0 Å². The molecule has 0 radical (unpaired) electrons. The number of hydrogen-bond acceptors (Lipinski definition) is 3. The Hall–Kier alpha value is -1.13. The summed E-state index contributed by atoms with van der Waals surface area (Å²) in [5.41, 5.74) is 1.00. The summed E-state index contributed by atoms with van der Waals surface area (Å²) in [5, 5.41) is 14.3. The predicted octanol–water partition coefficient (Wildman–Crippen LogP) is 3.42. The minimum atomic E-state index is -0.430. The number of hydrogen-bond donors (Lipinski definition) is 1. The van der Waals surface area contributed by atoms with Gasteiger partial charge in [0, 0.05) is 18.2 Å². The van der Waals surface area contributed by atoms with Gasteiger partial charge in [-0.15, -0.1) is 0 Å². The van der Waals surface area contributed by atoms with Gasteiger partial charge in [-0.05, 0) is 31.4 Å². The topological polar surface area (TPSA) is 55.2 Å². The number of nitrogens with one attached hydrogen (secondary N) is 1. The van der Waals surface area contributed by atoms with Gasteiger partial charge >= 0.3 is 0 Å². The van der Waals surface area contributed by atoms with Crippen LogP contribution in [0, 0.1) is 16.0 Å². The van der Waals surface area contributed by atoms with Crippen molar-refractivity contribution in [1.29, 1.82) is 0 Å². The molecule has 1 rings (SSSR count). The zero-order valence-corrected chi connectivity index (χ0v) is 11.7. The number of nitro groups is 1. The second-order valence-electron chi connectivity index (χ2n) is 4.71. The molecule has 0 saturated heterocycles. The number of nitrogens with zero attached hydrogens (tertiary/aromatic N) is 1. The summed E-state index contributed by atoms with van der Waals surface area (Å²) in [4.78, 5) is 10.2. The van der Waals surface area contributed by atoms with Crippen LogP contribution in [0.2, 0.25) is 5.02 Å². The van der Waals surface area contributed by atoms with E-state index in [0.29, 0.717) is 17.0 Å². The first kappa shape index (κ1) is 14.9. The largest absolute Gasteiger partial charge is 0.317 e. The van der Waals surface area contributed by atoms with Crippen molar-refractivity contribution < 1.29 is 4.92 Å². The number of nitro benzene ring substituents is 1. The lowest BCUT2D eigenvalue weighted by atomic mass is 9.97. The lowest BCUT2D eigenvalue weighted by Crippen LogP contribution is -2.31. The van der Waals surface area contributed by atoms with Crippen molar-refractivity contribution in [2.24, 2.45) is 5.92 Å². The Morgan fingerprint density at radius 2 is 2.11 bits per heavy atom. The highest BCUT2D eigenvalue weighted by atomic mass is 35.5. The normalized spacial score (nSPS) is 12.7. The Labute approximate surface area is 112 Å². The number of aryl methyl sites for hydroxylation is 1. The first-order chi connectivity index (χ1) is 8.45. The van der Waals surface area contributed by atoms with Gasteiger partial charge in [0.2, 0.25) is 0 Å². The second kappa shape index (κ2) is 6.71. The molecular formula is C13H19ClN2O2. The maximum atomic E-state index is 10.6. The van der Waals surface area contributed by atoms with E-state index in [-0.39, 0.29) is 5.69 Å². The van der Waals surface area contributed by atoms with E-state index in [0.717, 1.165) is 18.4 Å². The highest BCUT2D eigenvalue weighted by molar-refractivity contribution is 6.31. The van der Waals surface area contributed by atoms with Crippen LogP contribution in [0.1, 0.15) is 25.8 Å². The SMILES string of the molecule is CNC(CCc1ccc([N+](=O)[O-])cc1Cl)C(C)C. The van der Waals surface area contributed by atoms with E-state index >= 15 is 0 Å². The molecule has 18 heavy (non-hydrogen) atoms. The van der Waals surface area contributed by atoms with Crippen molar-refractivity contribution in [3.8, 4) is 0 Å². The highest BCUT2D eigenvalue weighted by Crippen LogP contribution is 2.24. The first-order valence-corrected chi connectivity index (χ1v) is 6.43. The summed E-state index contributed by atoms with van der Waals surface area (Å²) >= 11 is 6.05. The standard InChI is InChI=1S/C13H19ClN2O2/c1-9(2)13(15-3)7-5-10-4-6-11(16(17)18)8-12(10)14/h4,6,8-9,13,15H,5,7H2,1-3H3. The number of halogens is 1. The molecule has 0 saturated carbocycles. The minimum Gasteiger partial charge on any atom is -0.317 e. The third-order valence-corrected chi connectivity index (χ3v) is 3.50. The van der Waals surface area contributed by atoms with E-state index in [4.69, 9.17) is 11.6 Å². The molecule has 0 aliphatic rings. The van der Waals surface area contributed by atoms with Gasteiger partial charge in [0.05, 0.1) is 9.95 Å². The fourth-order valence-electron chi connectivity index (χ4n) is 1.97. The molecule has 1 atom stereocenters. The van der Waals surface area contributed by atoms with Crippen LogP contribution in [0.15, 0.2) is 18.2 Å². The average molecular weight is 271 g/mol. The molecule has 0 aromatic heterocycles. The van der Waals surface area contributed by atoms with Gasteiger partial charge in [0.1, 0.15) is 0 Å². The van der Waals surface area contributed by atoms with Crippen LogP contribution in [-0.4, -0.2) is 18.0 Å². The molecule has 0 fully saturated rings. The Morgan fingerprint density at radius 1 is 1.44 bits per heavy atom. The van der Waals surface area contributed by atoms with Gasteiger partial charge in [-0.1, -0.05) is 31.5 Å². The van der Waals surface area contributed by atoms with Crippen molar-refractivity contribution in [2.75, 3.05) is 7.05 Å². The van der Waals surface area contributed by atoms with Crippen molar-refractivity contribution >= 4 is 17.3 Å². The van der Waals surface area contributed by atoms with Gasteiger partial charge in [-0.2, -0.15) is 0 Å². The molecule has 0 spiro atoms. The van der Waals surface area contributed by atoms with E-state index in [1.165, 1.54) is 12.1 Å². The molecule has 1 N–H and O–H groups in total. The summed E-state index contributed by atoms with van der Waals surface area (Å²) in [6.45, 7) is 4.33. The predicted molar refractivity (Wildman–Crippen MR) is 74.1 cm³/mol. The molecule has 0 amide bonds. The van der Waals surface area contributed by atoms with Gasteiger partial charge in [0.25, 0.3) is 5.69 Å². The second-order valence-corrected chi connectivity index (χ2v) is 5.12. The Kier molecular flexibility index (Phi) is 5.56. The van der Waals surface area contributed by atoms with E-state index in [1.807, 2.05) is 7.05 Å². The minimum absolute atomic E-state index is 0.0396. The molecular weight excluding hydrogens is 252 g/mol. The summed E-state index contributed by atoms with van der Waals surface area (Å²) in [6, 6.07) is 5.09. The fourth-order valence-corrected chi connectivity index (χ4v) is 2.24. The molecule has 5 heteroatoms. The number of benzene rings is 1. The number of rotatable bonds is 6. The number of non-ortho nitro benzene ring substituents is 1. The maximum absolute atomic E-state index is 10.6. The first-order valence-electron chi connectivity index (χ1n) is 6.05. The van der Waals surface area contributed by atoms with Crippen LogP contribution in [-0.2, 0) is 6.42 Å². The van der Waals surface area contributed by atoms with Crippen molar-refractivity contribution in [3.63, 3.8) is 0 Å². The van der Waals surface area contributed by atoms with E-state index in [9.17, 15) is 10.1 Å². The maximum Gasteiger partial charge on any atom is 0.270 e. The third kappa shape index (κ3) is 3.96. The molecule has 100 valence electrons. The molecule has 1 unspecified atom stereocenters. The van der Waals surface area contributed by atoms with Crippen LogP contribution in [0.3, 0.4) is 0 Å². The molecule has 0 bridgehead atoms. The van der Waals surface area contributed by atoms with Crippen LogP contribution < -0.4 is 5.32 Å². The Balaban J connectivity index is 2.71. The van der Waals surface area contributed by atoms with E-state index in [2.05, 4.69) is 19.2 Å².